The van der Waals surface area contributed by atoms with Gasteiger partial charge < -0.3 is 9.84 Å². The fraction of sp³-hybridized carbons (Fsp3) is 0.556. The third-order valence-electron chi connectivity index (χ3n) is 3.52. The molecule has 1 N–H and O–H groups in total. The standard InChI is InChI=1S/C18H29NO2.ClH/c1-6-9-16-10-7-8-11-18(16)21-13-17(20)12-19(14(2)3)15(4)5;/h6-8,10-11,14-15,17,20H,1,9,12-13H2,2-5H3;1H. The molecule has 0 fully saturated rings. The number of aliphatic hydroxyl groups is 1. The SMILES string of the molecule is C=CCc1ccccc1OCC(O)CN(C(C)C)C(C)C.Cl. The molecule has 0 bridgehead atoms. The third-order valence-corrected chi connectivity index (χ3v) is 3.52. The zero-order valence-electron chi connectivity index (χ0n) is 14.2. The van der Waals surface area contributed by atoms with Gasteiger partial charge in [-0.05, 0) is 45.7 Å². The van der Waals surface area contributed by atoms with Gasteiger partial charge in [0.1, 0.15) is 18.5 Å². The van der Waals surface area contributed by atoms with Gasteiger partial charge in [0, 0.05) is 18.6 Å². The Kier molecular flexibility index (Phi) is 10.2. The van der Waals surface area contributed by atoms with Crippen molar-refractivity contribution in [2.24, 2.45) is 0 Å². The van der Waals surface area contributed by atoms with Gasteiger partial charge in [0.25, 0.3) is 0 Å². The maximum atomic E-state index is 10.2. The van der Waals surface area contributed by atoms with E-state index in [-0.39, 0.29) is 12.4 Å². The van der Waals surface area contributed by atoms with Crippen LogP contribution in [0.25, 0.3) is 0 Å². The number of hydrogen-bond donors (Lipinski definition) is 1. The molecule has 0 amide bonds. The number of rotatable bonds is 9. The number of allylic oxidation sites excluding steroid dienone is 1. The van der Waals surface area contributed by atoms with E-state index in [0.717, 1.165) is 17.7 Å². The molecule has 1 atom stereocenters. The molecule has 0 heterocycles. The molecule has 0 radical (unpaired) electrons. The number of aliphatic hydroxyl groups excluding tert-OH is 1. The Labute approximate surface area is 141 Å². The van der Waals surface area contributed by atoms with Gasteiger partial charge in [-0.1, -0.05) is 24.3 Å². The summed E-state index contributed by atoms with van der Waals surface area (Å²) in [7, 11) is 0. The summed E-state index contributed by atoms with van der Waals surface area (Å²) in [6.07, 6.45) is 2.14. The van der Waals surface area contributed by atoms with Crippen molar-refractivity contribution >= 4 is 12.4 Å². The van der Waals surface area contributed by atoms with Gasteiger partial charge in [-0.15, -0.1) is 19.0 Å². The van der Waals surface area contributed by atoms with Crippen LogP contribution in [0, 0.1) is 0 Å². The molecule has 0 aromatic heterocycles. The van der Waals surface area contributed by atoms with E-state index in [0.29, 0.717) is 25.2 Å². The Balaban J connectivity index is 0.00000441. The first-order chi connectivity index (χ1) is 9.95. The largest absolute Gasteiger partial charge is 0.491 e. The fourth-order valence-electron chi connectivity index (χ4n) is 2.47. The van der Waals surface area contributed by atoms with Crippen molar-refractivity contribution in [3.63, 3.8) is 0 Å². The van der Waals surface area contributed by atoms with Crippen LogP contribution in [0.4, 0.5) is 0 Å². The van der Waals surface area contributed by atoms with Crippen LogP contribution < -0.4 is 4.74 Å². The highest BCUT2D eigenvalue weighted by Crippen LogP contribution is 2.19. The molecule has 1 rings (SSSR count). The molecule has 0 saturated heterocycles. The van der Waals surface area contributed by atoms with E-state index in [1.165, 1.54) is 0 Å². The van der Waals surface area contributed by atoms with Crippen molar-refractivity contribution in [2.75, 3.05) is 13.2 Å². The summed E-state index contributed by atoms with van der Waals surface area (Å²) in [5, 5.41) is 10.2. The second kappa shape index (κ2) is 10.7. The Morgan fingerprint density at radius 1 is 1.18 bits per heavy atom. The van der Waals surface area contributed by atoms with Gasteiger partial charge in [-0.3, -0.25) is 4.90 Å². The average Bonchev–Trinajstić information content (AvgIpc) is 2.43. The molecular formula is C18H30ClNO2. The summed E-state index contributed by atoms with van der Waals surface area (Å²) >= 11 is 0. The first-order valence-corrected chi connectivity index (χ1v) is 7.71. The predicted molar refractivity (Wildman–Crippen MR) is 96.1 cm³/mol. The minimum absolute atomic E-state index is 0. The molecule has 1 aromatic rings. The summed E-state index contributed by atoms with van der Waals surface area (Å²) in [4.78, 5) is 2.27. The lowest BCUT2D eigenvalue weighted by Gasteiger charge is -2.32. The van der Waals surface area contributed by atoms with Crippen molar-refractivity contribution in [2.45, 2.75) is 52.3 Å². The van der Waals surface area contributed by atoms with Crippen LogP contribution >= 0.6 is 12.4 Å². The Bertz CT molecular complexity index is 427. The summed E-state index contributed by atoms with van der Waals surface area (Å²) in [6.45, 7) is 13.3. The van der Waals surface area contributed by atoms with Crippen molar-refractivity contribution in [1.29, 1.82) is 0 Å². The van der Waals surface area contributed by atoms with Crippen molar-refractivity contribution < 1.29 is 9.84 Å². The van der Waals surface area contributed by atoms with E-state index < -0.39 is 6.10 Å². The lowest BCUT2D eigenvalue weighted by Crippen LogP contribution is -2.43. The van der Waals surface area contributed by atoms with Gasteiger partial charge in [0.2, 0.25) is 0 Å². The smallest absolute Gasteiger partial charge is 0.122 e. The van der Waals surface area contributed by atoms with Crippen LogP contribution in [0.2, 0.25) is 0 Å². The lowest BCUT2D eigenvalue weighted by atomic mass is 10.1. The number of nitrogens with zero attached hydrogens (tertiary/aromatic N) is 1. The normalized spacial score (nSPS) is 12.4. The van der Waals surface area contributed by atoms with Crippen LogP contribution in [0.1, 0.15) is 33.3 Å². The summed E-state index contributed by atoms with van der Waals surface area (Å²) in [5.74, 6) is 0.831. The summed E-state index contributed by atoms with van der Waals surface area (Å²) < 4.78 is 5.79. The molecule has 126 valence electrons. The van der Waals surface area contributed by atoms with Gasteiger partial charge in [0.05, 0.1) is 0 Å². The average molecular weight is 328 g/mol. The molecule has 0 aliphatic heterocycles. The zero-order chi connectivity index (χ0) is 15.8. The minimum Gasteiger partial charge on any atom is -0.491 e. The van der Waals surface area contributed by atoms with E-state index in [2.05, 4.69) is 39.2 Å². The minimum atomic E-state index is -0.494. The van der Waals surface area contributed by atoms with Gasteiger partial charge >= 0.3 is 0 Å². The molecule has 1 aromatic carbocycles. The molecule has 0 spiro atoms. The quantitative estimate of drug-likeness (QED) is 0.702. The zero-order valence-corrected chi connectivity index (χ0v) is 15.0. The molecule has 0 aliphatic rings. The number of ether oxygens (including phenoxy) is 1. The molecule has 22 heavy (non-hydrogen) atoms. The van der Waals surface area contributed by atoms with Crippen LogP contribution in [0.3, 0.4) is 0 Å². The maximum Gasteiger partial charge on any atom is 0.122 e. The second-order valence-electron chi connectivity index (χ2n) is 5.95. The highest BCUT2D eigenvalue weighted by molar-refractivity contribution is 5.85. The number of benzene rings is 1. The third kappa shape index (κ3) is 6.82. The molecule has 4 heteroatoms. The number of para-hydroxylation sites is 1. The Morgan fingerprint density at radius 2 is 1.77 bits per heavy atom. The fourth-order valence-corrected chi connectivity index (χ4v) is 2.47. The highest BCUT2D eigenvalue weighted by Gasteiger charge is 2.18. The van der Waals surface area contributed by atoms with Crippen LogP contribution in [-0.4, -0.2) is 41.3 Å². The first-order valence-electron chi connectivity index (χ1n) is 7.71. The van der Waals surface area contributed by atoms with Gasteiger partial charge in [0.15, 0.2) is 0 Å². The van der Waals surface area contributed by atoms with Gasteiger partial charge in [-0.25, -0.2) is 0 Å². The lowest BCUT2D eigenvalue weighted by molar-refractivity contribution is 0.0443. The summed E-state index contributed by atoms with van der Waals surface area (Å²) in [6, 6.07) is 8.72. The first kappa shape index (κ1) is 21.0. The maximum absolute atomic E-state index is 10.2. The number of halogens is 1. The monoisotopic (exact) mass is 327 g/mol. The highest BCUT2D eigenvalue weighted by atomic mass is 35.5. The number of hydrogen-bond acceptors (Lipinski definition) is 3. The van der Waals surface area contributed by atoms with E-state index in [1.807, 2.05) is 30.3 Å². The van der Waals surface area contributed by atoms with E-state index in [4.69, 9.17) is 4.74 Å². The molecule has 0 aliphatic carbocycles. The molecule has 1 unspecified atom stereocenters. The van der Waals surface area contributed by atoms with Crippen LogP contribution in [-0.2, 0) is 6.42 Å². The molecule has 3 nitrogen and oxygen atoms in total. The predicted octanol–water partition coefficient (Wildman–Crippen LogP) is 3.70. The Hall–Kier alpha value is -1.03. The molecular weight excluding hydrogens is 298 g/mol. The van der Waals surface area contributed by atoms with Gasteiger partial charge in [-0.2, -0.15) is 0 Å². The Morgan fingerprint density at radius 3 is 2.32 bits per heavy atom. The topological polar surface area (TPSA) is 32.7 Å². The van der Waals surface area contributed by atoms with Crippen molar-refractivity contribution in [1.82, 2.24) is 4.90 Å². The van der Waals surface area contributed by atoms with Crippen molar-refractivity contribution in [3.05, 3.63) is 42.5 Å². The van der Waals surface area contributed by atoms with Crippen LogP contribution in [0.5, 0.6) is 5.75 Å². The van der Waals surface area contributed by atoms with E-state index in [9.17, 15) is 5.11 Å². The summed E-state index contributed by atoms with van der Waals surface area (Å²) in [5.41, 5.74) is 1.10. The van der Waals surface area contributed by atoms with Crippen molar-refractivity contribution in [3.8, 4) is 5.75 Å². The molecule has 0 saturated carbocycles. The second-order valence-corrected chi connectivity index (χ2v) is 5.95. The van der Waals surface area contributed by atoms with E-state index >= 15 is 0 Å². The van der Waals surface area contributed by atoms with E-state index in [1.54, 1.807) is 0 Å². The van der Waals surface area contributed by atoms with Crippen LogP contribution in [0.15, 0.2) is 36.9 Å².